The molecule has 0 saturated heterocycles. The van der Waals surface area contributed by atoms with E-state index in [-0.39, 0.29) is 18.2 Å². The highest BCUT2D eigenvalue weighted by Gasteiger charge is 2.43. The van der Waals surface area contributed by atoms with E-state index in [1.54, 1.807) is 43.3 Å². The van der Waals surface area contributed by atoms with E-state index in [4.69, 9.17) is 14.2 Å². The number of nitrogens with one attached hydrogen (secondary N) is 1. The van der Waals surface area contributed by atoms with E-state index < -0.39 is 11.9 Å². The highest BCUT2D eigenvalue weighted by molar-refractivity contribution is 9.10. The van der Waals surface area contributed by atoms with Crippen LogP contribution in [0, 0.1) is 5.82 Å². The second kappa shape index (κ2) is 10.5. The molecular weight excluding hydrogens is 553 g/mol. The van der Waals surface area contributed by atoms with Crippen LogP contribution in [0.3, 0.4) is 0 Å². The molecule has 5 rings (SSSR count). The van der Waals surface area contributed by atoms with Crippen molar-refractivity contribution in [2.24, 2.45) is 0 Å². The summed E-state index contributed by atoms with van der Waals surface area (Å²) >= 11 is 3.64. The molecule has 3 aromatic rings. The zero-order chi connectivity index (χ0) is 27.0. The molecule has 1 aliphatic carbocycles. The van der Waals surface area contributed by atoms with E-state index in [2.05, 4.69) is 21.2 Å². The van der Waals surface area contributed by atoms with Crippen LogP contribution in [0.25, 0.3) is 5.70 Å². The van der Waals surface area contributed by atoms with Crippen LogP contribution in [-0.2, 0) is 16.1 Å². The largest absolute Gasteiger partial charge is 0.490 e. The van der Waals surface area contributed by atoms with Crippen molar-refractivity contribution in [2.45, 2.75) is 26.4 Å². The maximum absolute atomic E-state index is 14.2. The predicted octanol–water partition coefficient (Wildman–Crippen LogP) is 6.31. The molecule has 1 N–H and O–H groups in total. The molecule has 6 nitrogen and oxygen atoms in total. The summed E-state index contributed by atoms with van der Waals surface area (Å²) in [6, 6.07) is 17.2. The van der Waals surface area contributed by atoms with Gasteiger partial charge >= 0.3 is 5.97 Å². The zero-order valence-corrected chi connectivity index (χ0v) is 22.6. The Hall–Kier alpha value is -3.91. The van der Waals surface area contributed by atoms with E-state index in [0.717, 1.165) is 5.56 Å². The minimum atomic E-state index is -0.729. The Morgan fingerprint density at radius 3 is 2.42 bits per heavy atom. The molecule has 2 aliphatic rings. The number of carbonyl (C=O) groups is 2. The molecule has 1 heterocycles. The van der Waals surface area contributed by atoms with Crippen LogP contribution in [-0.4, -0.2) is 25.5 Å². The summed E-state index contributed by atoms with van der Waals surface area (Å²) in [4.78, 5) is 26.7. The normalized spacial score (nSPS) is 16.1. The van der Waals surface area contributed by atoms with Gasteiger partial charge in [0.2, 0.25) is 0 Å². The van der Waals surface area contributed by atoms with Crippen LogP contribution in [0.5, 0.6) is 11.5 Å². The molecule has 0 saturated carbocycles. The van der Waals surface area contributed by atoms with Gasteiger partial charge in [-0.2, -0.15) is 0 Å². The fraction of sp³-hybridized carbons (Fsp3) is 0.200. The number of Topliss-reactive ketones (excluding diaryl/α,β-unsaturated/α-hetero) is 1. The molecule has 0 bridgehead atoms. The Kier molecular flexibility index (Phi) is 7.08. The summed E-state index contributed by atoms with van der Waals surface area (Å²) in [5.74, 6) is -0.986. The Morgan fingerprint density at radius 1 is 1.03 bits per heavy atom. The van der Waals surface area contributed by atoms with Gasteiger partial charge in [-0.1, -0.05) is 58.4 Å². The molecule has 3 aromatic carbocycles. The monoisotopic (exact) mass is 577 g/mol. The summed E-state index contributed by atoms with van der Waals surface area (Å²) in [7, 11) is 1.31. The second-order valence-electron chi connectivity index (χ2n) is 8.89. The molecule has 0 fully saturated rings. The average Bonchev–Trinajstić information content (AvgIpc) is 3.19. The van der Waals surface area contributed by atoms with Crippen LogP contribution in [0.1, 0.15) is 46.8 Å². The number of allylic oxidation sites excluding steroid dienone is 2. The lowest BCUT2D eigenvalue weighted by Gasteiger charge is -2.30. The van der Waals surface area contributed by atoms with Crippen LogP contribution < -0.4 is 14.8 Å². The third-order valence-corrected chi connectivity index (χ3v) is 7.36. The minimum Gasteiger partial charge on any atom is -0.490 e. The lowest BCUT2D eigenvalue weighted by atomic mass is 9.79. The quantitative estimate of drug-likeness (QED) is 0.332. The molecule has 1 aliphatic heterocycles. The van der Waals surface area contributed by atoms with Gasteiger partial charge in [-0.3, -0.25) is 4.79 Å². The number of hydrogen-bond acceptors (Lipinski definition) is 6. The molecule has 38 heavy (non-hydrogen) atoms. The molecule has 0 amide bonds. The van der Waals surface area contributed by atoms with Crippen molar-refractivity contribution in [3.63, 3.8) is 0 Å². The average molecular weight is 578 g/mol. The maximum atomic E-state index is 14.2. The first-order valence-corrected chi connectivity index (χ1v) is 12.9. The lowest BCUT2D eigenvalue weighted by Crippen LogP contribution is -2.29. The number of esters is 1. The maximum Gasteiger partial charge on any atom is 0.336 e. The molecule has 8 heteroatoms. The predicted molar refractivity (Wildman–Crippen MR) is 144 cm³/mol. The summed E-state index contributed by atoms with van der Waals surface area (Å²) in [6.07, 6.45) is 0. The number of dihydropyridines is 1. The van der Waals surface area contributed by atoms with Gasteiger partial charge in [-0.05, 0) is 37.6 Å². The molecule has 0 radical (unpaired) electrons. The van der Waals surface area contributed by atoms with E-state index in [0.29, 0.717) is 61.8 Å². The van der Waals surface area contributed by atoms with Gasteiger partial charge in [0.25, 0.3) is 0 Å². The van der Waals surface area contributed by atoms with Crippen LogP contribution >= 0.6 is 15.9 Å². The number of carbonyl (C=O) groups excluding carboxylic acids is 2. The number of rotatable bonds is 7. The standard InChI is InChI=1S/C30H25BrFNO5/c1-4-37-23-13-20(21(31)14-24(23)38-15-17-9-5-8-12-22(17)32)26-25(30(35)36-3)16(2)33-28-18-10-6-7-11-19(18)29(34)27(26)28/h5-14,26,33H,4,15H2,1-3H3/t26-/m1/s1. The fourth-order valence-corrected chi connectivity index (χ4v) is 5.50. The number of halogens is 2. The van der Waals surface area contributed by atoms with Crippen molar-refractivity contribution in [3.8, 4) is 11.5 Å². The van der Waals surface area contributed by atoms with Crippen molar-refractivity contribution in [3.05, 3.63) is 110 Å². The highest BCUT2D eigenvalue weighted by Crippen LogP contribution is 2.50. The van der Waals surface area contributed by atoms with Gasteiger partial charge in [0.15, 0.2) is 17.3 Å². The van der Waals surface area contributed by atoms with Crippen molar-refractivity contribution in [1.29, 1.82) is 0 Å². The highest BCUT2D eigenvalue weighted by atomic mass is 79.9. The number of ether oxygens (including phenoxy) is 3. The Labute approximate surface area is 228 Å². The van der Waals surface area contributed by atoms with Crippen LogP contribution in [0.2, 0.25) is 0 Å². The molecular formula is C30H25BrFNO5. The Bertz CT molecular complexity index is 1530. The first kappa shape index (κ1) is 25.7. The van der Waals surface area contributed by atoms with Crippen LogP contribution in [0.15, 0.2) is 82.0 Å². The van der Waals surface area contributed by atoms with Crippen molar-refractivity contribution in [2.75, 3.05) is 13.7 Å². The van der Waals surface area contributed by atoms with Gasteiger partial charge in [0, 0.05) is 32.4 Å². The Balaban J connectivity index is 1.63. The zero-order valence-electron chi connectivity index (χ0n) is 21.1. The van der Waals surface area contributed by atoms with Crippen molar-refractivity contribution in [1.82, 2.24) is 5.32 Å². The number of hydrogen-bond donors (Lipinski definition) is 1. The van der Waals surface area contributed by atoms with Gasteiger partial charge in [-0.15, -0.1) is 0 Å². The molecule has 0 spiro atoms. The van der Waals surface area contributed by atoms with Gasteiger partial charge in [-0.25, -0.2) is 9.18 Å². The van der Waals surface area contributed by atoms with E-state index in [1.807, 2.05) is 25.1 Å². The number of ketones is 1. The van der Waals surface area contributed by atoms with E-state index >= 15 is 0 Å². The topological polar surface area (TPSA) is 73.9 Å². The number of methoxy groups -OCH3 is 1. The smallest absolute Gasteiger partial charge is 0.336 e. The molecule has 0 unspecified atom stereocenters. The van der Waals surface area contributed by atoms with Crippen molar-refractivity contribution >= 4 is 33.4 Å². The van der Waals surface area contributed by atoms with Gasteiger partial charge < -0.3 is 19.5 Å². The molecule has 0 aromatic heterocycles. The van der Waals surface area contributed by atoms with Gasteiger partial charge in [0.05, 0.1) is 30.9 Å². The number of benzene rings is 3. The van der Waals surface area contributed by atoms with Crippen LogP contribution in [0.4, 0.5) is 4.39 Å². The summed E-state index contributed by atoms with van der Waals surface area (Å²) in [5.41, 5.74) is 4.45. The second-order valence-corrected chi connectivity index (χ2v) is 9.74. The summed E-state index contributed by atoms with van der Waals surface area (Å²) < 4.78 is 31.8. The third kappa shape index (κ3) is 4.39. The Morgan fingerprint density at radius 2 is 1.71 bits per heavy atom. The first-order chi connectivity index (χ1) is 18.3. The van der Waals surface area contributed by atoms with E-state index in [1.165, 1.54) is 13.2 Å². The SMILES string of the molecule is CCOc1cc([C@@H]2C(C(=O)OC)=C(C)NC3=C2C(=O)c2ccccc23)c(Br)cc1OCc1ccccc1F. The molecule has 194 valence electrons. The summed E-state index contributed by atoms with van der Waals surface area (Å²) in [6.45, 7) is 3.98. The van der Waals surface area contributed by atoms with Gasteiger partial charge in [0.1, 0.15) is 12.4 Å². The first-order valence-electron chi connectivity index (χ1n) is 12.1. The third-order valence-electron chi connectivity index (χ3n) is 6.67. The van der Waals surface area contributed by atoms with Crippen molar-refractivity contribution < 1.29 is 28.2 Å². The summed E-state index contributed by atoms with van der Waals surface area (Å²) in [5, 5.41) is 3.28. The fourth-order valence-electron chi connectivity index (χ4n) is 4.94. The van der Waals surface area contributed by atoms with E-state index in [9.17, 15) is 14.0 Å². The number of fused-ring (bicyclic) bond motifs is 2. The minimum absolute atomic E-state index is 0.00139. The lowest BCUT2D eigenvalue weighted by molar-refractivity contribution is -0.136. The molecule has 1 atom stereocenters.